The van der Waals surface area contributed by atoms with Crippen LogP contribution < -0.4 is 15.8 Å². The zero-order valence-electron chi connectivity index (χ0n) is 16.0. The first-order valence-corrected chi connectivity index (χ1v) is 10.2. The van der Waals surface area contributed by atoms with Gasteiger partial charge in [-0.3, -0.25) is 4.79 Å². The van der Waals surface area contributed by atoms with Crippen LogP contribution in [0, 0.1) is 0 Å². The maximum atomic E-state index is 12.8. The summed E-state index contributed by atoms with van der Waals surface area (Å²) in [5.41, 5.74) is 8.90. The molecule has 29 heavy (non-hydrogen) atoms. The highest BCUT2D eigenvalue weighted by Crippen LogP contribution is 2.32. The van der Waals surface area contributed by atoms with Gasteiger partial charge in [0.1, 0.15) is 11.4 Å². The van der Waals surface area contributed by atoms with Gasteiger partial charge in [-0.1, -0.05) is 12.1 Å². The van der Waals surface area contributed by atoms with E-state index in [1.807, 2.05) is 54.7 Å². The number of pyridine rings is 1. The van der Waals surface area contributed by atoms with Crippen molar-refractivity contribution in [2.75, 3.05) is 13.7 Å². The van der Waals surface area contributed by atoms with Gasteiger partial charge in [-0.2, -0.15) is 0 Å². The fraction of sp³-hybridized carbons (Fsp3) is 0.182. The lowest BCUT2D eigenvalue weighted by Gasteiger charge is -2.16. The Labute approximate surface area is 172 Å². The van der Waals surface area contributed by atoms with Gasteiger partial charge < -0.3 is 20.8 Å². The van der Waals surface area contributed by atoms with Crippen LogP contribution in [0.1, 0.15) is 15.2 Å². The van der Waals surface area contributed by atoms with Gasteiger partial charge in [0.15, 0.2) is 0 Å². The van der Waals surface area contributed by atoms with E-state index in [0.717, 1.165) is 32.8 Å². The molecule has 7 heteroatoms. The largest absolute Gasteiger partial charge is 0.497 e. The maximum Gasteiger partial charge on any atom is 0.261 e. The minimum atomic E-state index is -0.140. The predicted molar refractivity (Wildman–Crippen MR) is 116 cm³/mol. The molecule has 0 aliphatic heterocycles. The lowest BCUT2D eigenvalue weighted by atomic mass is 10.1. The third kappa shape index (κ3) is 4.16. The quantitative estimate of drug-likeness (QED) is 0.437. The number of aromatic nitrogens is 2. The number of amides is 1. The van der Waals surface area contributed by atoms with Crippen LogP contribution in [0.2, 0.25) is 0 Å². The summed E-state index contributed by atoms with van der Waals surface area (Å²) in [4.78, 5) is 21.9. The number of nitrogens with zero attached hydrogens (tertiary/aromatic N) is 1. The van der Waals surface area contributed by atoms with Crippen LogP contribution in [0.3, 0.4) is 0 Å². The summed E-state index contributed by atoms with van der Waals surface area (Å²) in [6, 6.07) is 15.5. The number of thiophene rings is 1. The Hall–Kier alpha value is -3.16. The summed E-state index contributed by atoms with van der Waals surface area (Å²) in [6.45, 7) is 0.365. The second-order valence-corrected chi connectivity index (χ2v) is 7.80. The van der Waals surface area contributed by atoms with E-state index in [4.69, 9.17) is 10.5 Å². The number of aromatic amines is 1. The highest BCUT2D eigenvalue weighted by Gasteiger charge is 2.16. The predicted octanol–water partition coefficient (Wildman–Crippen LogP) is 3.60. The van der Waals surface area contributed by atoms with E-state index in [9.17, 15) is 4.79 Å². The Balaban J connectivity index is 1.47. The Kier molecular flexibility index (Phi) is 5.59. The number of hydrogen-bond acceptors (Lipinski definition) is 5. The molecule has 0 bridgehead atoms. The summed E-state index contributed by atoms with van der Waals surface area (Å²) in [6.07, 6.45) is 4.30. The first-order valence-electron chi connectivity index (χ1n) is 9.34. The van der Waals surface area contributed by atoms with Crippen LogP contribution in [0.4, 0.5) is 0 Å². The molecule has 0 fully saturated rings. The van der Waals surface area contributed by atoms with Crippen molar-refractivity contribution < 1.29 is 9.53 Å². The number of H-pyrrole nitrogens is 1. The molecule has 1 aromatic carbocycles. The molecule has 4 rings (SSSR count). The normalized spacial score (nSPS) is 12.1. The van der Waals surface area contributed by atoms with E-state index in [-0.39, 0.29) is 11.9 Å². The average Bonchev–Trinajstić information content (AvgIpc) is 3.43. The number of carbonyl (C=O) groups is 1. The molecule has 3 aromatic heterocycles. The van der Waals surface area contributed by atoms with Gasteiger partial charge in [0.2, 0.25) is 0 Å². The molecule has 0 unspecified atom stereocenters. The van der Waals surface area contributed by atoms with Crippen LogP contribution in [0.5, 0.6) is 5.75 Å². The fourth-order valence-electron chi connectivity index (χ4n) is 3.28. The number of ether oxygens (including phenoxy) is 1. The summed E-state index contributed by atoms with van der Waals surface area (Å²) in [5.74, 6) is 0.699. The molecule has 0 spiro atoms. The molecule has 3 heterocycles. The number of benzene rings is 1. The molecule has 0 saturated carbocycles. The van der Waals surface area contributed by atoms with Crippen molar-refractivity contribution in [2.24, 2.45) is 5.73 Å². The summed E-state index contributed by atoms with van der Waals surface area (Å²) < 4.78 is 5.18. The molecule has 4 N–H and O–H groups in total. The van der Waals surface area contributed by atoms with Gasteiger partial charge in [-0.15, -0.1) is 11.3 Å². The second kappa shape index (κ2) is 8.46. The van der Waals surface area contributed by atoms with Gasteiger partial charge >= 0.3 is 0 Å². The summed E-state index contributed by atoms with van der Waals surface area (Å²) >= 11 is 1.46. The second-order valence-electron chi connectivity index (χ2n) is 6.72. The maximum absolute atomic E-state index is 12.8. The number of carbonyl (C=O) groups excluding carboxylic acids is 1. The van der Waals surface area contributed by atoms with E-state index in [1.54, 1.807) is 13.3 Å². The minimum absolute atomic E-state index is 0.107. The molecule has 0 saturated heterocycles. The van der Waals surface area contributed by atoms with E-state index in [1.165, 1.54) is 11.3 Å². The van der Waals surface area contributed by atoms with E-state index >= 15 is 0 Å². The van der Waals surface area contributed by atoms with Crippen LogP contribution in [-0.4, -0.2) is 35.6 Å². The third-order valence-electron chi connectivity index (χ3n) is 4.82. The molecular weight excluding hydrogens is 384 g/mol. The molecule has 6 nitrogen and oxygen atoms in total. The zero-order chi connectivity index (χ0) is 20.2. The van der Waals surface area contributed by atoms with Crippen molar-refractivity contribution in [3.8, 4) is 16.2 Å². The first kappa shape index (κ1) is 19.2. The topological polar surface area (TPSA) is 93.0 Å². The zero-order valence-corrected chi connectivity index (χ0v) is 16.8. The first-order chi connectivity index (χ1) is 14.2. The van der Waals surface area contributed by atoms with Crippen molar-refractivity contribution in [2.45, 2.75) is 12.5 Å². The van der Waals surface area contributed by atoms with E-state index in [2.05, 4.69) is 15.3 Å². The van der Waals surface area contributed by atoms with Crippen LogP contribution >= 0.6 is 11.3 Å². The van der Waals surface area contributed by atoms with Crippen LogP contribution in [0.15, 0.2) is 60.9 Å². The Morgan fingerprint density at radius 1 is 1.21 bits per heavy atom. The Bertz CT molecular complexity index is 1120. The Morgan fingerprint density at radius 3 is 2.79 bits per heavy atom. The molecule has 148 valence electrons. The summed E-state index contributed by atoms with van der Waals surface area (Å²) in [7, 11) is 1.64. The van der Waals surface area contributed by atoms with Crippen molar-refractivity contribution in [3.05, 3.63) is 71.4 Å². The molecule has 4 aromatic rings. The number of nitrogens with one attached hydrogen (secondary N) is 2. The number of methoxy groups -OCH3 is 1. The van der Waals surface area contributed by atoms with Gasteiger partial charge in [0.05, 0.1) is 12.0 Å². The van der Waals surface area contributed by atoms with Crippen molar-refractivity contribution in [1.82, 2.24) is 15.3 Å². The number of nitrogens with two attached hydrogens (primary N) is 1. The monoisotopic (exact) mass is 406 g/mol. The number of fused-ring (bicyclic) bond motifs is 1. The lowest BCUT2D eigenvalue weighted by molar-refractivity contribution is 0.0942. The molecule has 1 atom stereocenters. The smallest absolute Gasteiger partial charge is 0.261 e. The van der Waals surface area contributed by atoms with Gasteiger partial charge in [-0.05, 0) is 48.4 Å². The van der Waals surface area contributed by atoms with Gasteiger partial charge in [-0.25, -0.2) is 4.98 Å². The number of hydrogen-bond donors (Lipinski definition) is 3. The standard InChI is InChI=1S/C22H22N4O2S/c1-28-16-4-2-14(3-5-16)12-15(13-23)26-22(27)20-7-6-19(29-20)17-8-10-24-21-18(17)9-11-25-21/h2-11,15H,12-13,23H2,1H3,(H,24,25)(H,26,27)/t15-/m1/s1. The average molecular weight is 407 g/mol. The van der Waals surface area contributed by atoms with E-state index in [0.29, 0.717) is 17.8 Å². The van der Waals surface area contributed by atoms with E-state index < -0.39 is 0 Å². The van der Waals surface area contributed by atoms with Gasteiger partial charge in [0.25, 0.3) is 5.91 Å². The Morgan fingerprint density at radius 2 is 2.03 bits per heavy atom. The molecular formula is C22H22N4O2S. The SMILES string of the molecule is COc1ccc(C[C@H](CN)NC(=O)c2ccc(-c3ccnc4[nH]ccc34)s2)cc1. The third-order valence-corrected chi connectivity index (χ3v) is 5.93. The van der Waals surface area contributed by atoms with Crippen LogP contribution in [-0.2, 0) is 6.42 Å². The highest BCUT2D eigenvalue weighted by molar-refractivity contribution is 7.17. The van der Waals surface area contributed by atoms with Crippen molar-refractivity contribution >= 4 is 28.3 Å². The highest BCUT2D eigenvalue weighted by atomic mass is 32.1. The van der Waals surface area contributed by atoms with Crippen molar-refractivity contribution in [3.63, 3.8) is 0 Å². The van der Waals surface area contributed by atoms with Gasteiger partial charge in [0, 0.05) is 40.8 Å². The molecule has 0 aliphatic rings. The van der Waals surface area contributed by atoms with Crippen molar-refractivity contribution in [1.29, 1.82) is 0 Å². The lowest BCUT2D eigenvalue weighted by Crippen LogP contribution is -2.41. The minimum Gasteiger partial charge on any atom is -0.497 e. The fourth-order valence-corrected chi connectivity index (χ4v) is 4.23. The molecule has 0 radical (unpaired) electrons. The molecule has 1 amide bonds. The number of rotatable bonds is 7. The summed E-state index contributed by atoms with van der Waals surface area (Å²) in [5, 5.41) is 4.10. The van der Waals surface area contributed by atoms with Crippen LogP contribution in [0.25, 0.3) is 21.5 Å². The molecule has 0 aliphatic carbocycles.